The molecule has 0 aromatic carbocycles. The van der Waals surface area contributed by atoms with Gasteiger partial charge in [-0.3, -0.25) is 4.79 Å². The lowest BCUT2D eigenvalue weighted by Crippen LogP contribution is -2.56. The first kappa shape index (κ1) is 13.3. The zero-order valence-corrected chi connectivity index (χ0v) is 7.64. The van der Waals surface area contributed by atoms with Crippen LogP contribution in [0.3, 0.4) is 0 Å². The number of nitrogens with two attached hydrogens (primary N) is 2. The lowest BCUT2D eigenvalue weighted by molar-refractivity contribution is -0.127. The molecule has 0 heterocycles. The molecular weight excluding hydrogens is 139 g/mol. The fraction of sp³-hybridized carbons (Fsp3) is 0.857. The maximum absolute atomic E-state index is 11.2. The summed E-state index contributed by atoms with van der Waals surface area (Å²) < 4.78 is 0. The third-order valence-corrected chi connectivity index (χ3v) is 1.17. The molecule has 3 radical (unpaired) electrons. The molecule has 63 valence electrons. The SMILES string of the molecule is CC(C)(N)C(=O)C(C)(C)N.[B]. The van der Waals surface area contributed by atoms with E-state index in [4.69, 9.17) is 11.5 Å². The van der Waals surface area contributed by atoms with Crippen LogP contribution in [0.1, 0.15) is 27.7 Å². The van der Waals surface area contributed by atoms with Crippen molar-refractivity contribution in [2.24, 2.45) is 11.5 Å². The molecule has 0 rings (SSSR count). The standard InChI is InChI=1S/C7H16N2O.B/c1-6(2,8)5(10)7(3,4)9;/h8-9H2,1-4H3;. The minimum atomic E-state index is -0.821. The van der Waals surface area contributed by atoms with Crippen LogP contribution in [0.5, 0.6) is 0 Å². The van der Waals surface area contributed by atoms with Gasteiger partial charge in [0.05, 0.1) is 11.1 Å². The van der Waals surface area contributed by atoms with Crippen molar-refractivity contribution >= 4 is 14.2 Å². The van der Waals surface area contributed by atoms with Crippen LogP contribution < -0.4 is 11.5 Å². The predicted molar refractivity (Wildman–Crippen MR) is 47.3 cm³/mol. The van der Waals surface area contributed by atoms with E-state index in [1.165, 1.54) is 0 Å². The van der Waals surface area contributed by atoms with Gasteiger partial charge in [-0.1, -0.05) is 0 Å². The number of hydrogen-bond donors (Lipinski definition) is 2. The van der Waals surface area contributed by atoms with Crippen molar-refractivity contribution < 1.29 is 4.79 Å². The Morgan fingerprint density at radius 3 is 1.18 bits per heavy atom. The van der Waals surface area contributed by atoms with Crippen LogP contribution in [0, 0.1) is 0 Å². The molecule has 0 spiro atoms. The van der Waals surface area contributed by atoms with Crippen molar-refractivity contribution in [3.05, 3.63) is 0 Å². The average molecular weight is 155 g/mol. The summed E-state index contributed by atoms with van der Waals surface area (Å²) in [6.45, 7) is 6.63. The second kappa shape index (κ2) is 3.37. The highest BCUT2D eigenvalue weighted by molar-refractivity contribution is 5.94. The van der Waals surface area contributed by atoms with Crippen molar-refractivity contribution in [2.45, 2.75) is 38.8 Å². The van der Waals surface area contributed by atoms with Crippen LogP contribution >= 0.6 is 0 Å². The first-order valence-corrected chi connectivity index (χ1v) is 3.28. The highest BCUT2D eigenvalue weighted by Gasteiger charge is 2.32. The van der Waals surface area contributed by atoms with Crippen LogP contribution in [-0.2, 0) is 4.79 Å². The molecule has 0 unspecified atom stereocenters. The van der Waals surface area contributed by atoms with Crippen molar-refractivity contribution in [3.63, 3.8) is 0 Å². The molecule has 0 saturated heterocycles. The summed E-state index contributed by atoms with van der Waals surface area (Å²) in [6.07, 6.45) is 0. The van der Waals surface area contributed by atoms with Crippen LogP contribution in [0.15, 0.2) is 0 Å². The highest BCUT2D eigenvalue weighted by atomic mass is 16.1. The highest BCUT2D eigenvalue weighted by Crippen LogP contribution is 2.09. The summed E-state index contributed by atoms with van der Waals surface area (Å²) in [5.41, 5.74) is 9.43. The Kier molecular flexibility index (Phi) is 4.06. The molecule has 0 aliphatic carbocycles. The van der Waals surface area contributed by atoms with Crippen molar-refractivity contribution in [2.75, 3.05) is 0 Å². The number of hydrogen-bond acceptors (Lipinski definition) is 3. The Balaban J connectivity index is 0. The lowest BCUT2D eigenvalue weighted by Gasteiger charge is -2.26. The third-order valence-electron chi connectivity index (χ3n) is 1.17. The zero-order valence-electron chi connectivity index (χ0n) is 7.64. The number of rotatable bonds is 2. The Bertz CT molecular complexity index is 128. The van der Waals surface area contributed by atoms with Gasteiger partial charge < -0.3 is 11.5 Å². The zero-order chi connectivity index (χ0) is 8.58. The molecule has 0 aromatic heterocycles. The molecule has 3 nitrogen and oxygen atoms in total. The van der Waals surface area contributed by atoms with E-state index in [0.29, 0.717) is 0 Å². The van der Waals surface area contributed by atoms with Crippen LogP contribution in [0.25, 0.3) is 0 Å². The number of Topliss-reactive ketones (excluding diaryl/α,β-unsaturated/α-hetero) is 1. The van der Waals surface area contributed by atoms with Crippen LogP contribution in [0.4, 0.5) is 0 Å². The summed E-state index contributed by atoms with van der Waals surface area (Å²) in [5.74, 6) is -0.125. The predicted octanol–water partition coefficient (Wildman–Crippen LogP) is -0.351. The maximum atomic E-state index is 11.2. The average Bonchev–Trinajstić information content (AvgIpc) is 1.59. The fourth-order valence-electron chi connectivity index (χ4n) is 0.830. The molecule has 0 amide bonds. The third kappa shape index (κ3) is 4.16. The van der Waals surface area contributed by atoms with Gasteiger partial charge in [0.25, 0.3) is 0 Å². The summed E-state index contributed by atoms with van der Waals surface area (Å²) >= 11 is 0. The quantitative estimate of drug-likeness (QED) is 0.535. The van der Waals surface area contributed by atoms with Crippen molar-refractivity contribution in [3.8, 4) is 0 Å². The van der Waals surface area contributed by atoms with Crippen molar-refractivity contribution in [1.29, 1.82) is 0 Å². The molecule has 4 heteroatoms. The van der Waals surface area contributed by atoms with E-state index in [1.807, 2.05) is 0 Å². The lowest BCUT2D eigenvalue weighted by atomic mass is 9.87. The summed E-state index contributed by atoms with van der Waals surface area (Å²) in [6, 6.07) is 0. The van der Waals surface area contributed by atoms with Crippen LogP contribution in [-0.4, -0.2) is 25.3 Å². The molecule has 0 aliphatic heterocycles. The van der Waals surface area contributed by atoms with Gasteiger partial charge in [0.15, 0.2) is 5.78 Å². The summed E-state index contributed by atoms with van der Waals surface area (Å²) in [5, 5.41) is 0. The van der Waals surface area contributed by atoms with E-state index >= 15 is 0 Å². The topological polar surface area (TPSA) is 69.1 Å². The number of carbonyl (C=O) groups excluding carboxylic acids is 1. The van der Waals surface area contributed by atoms with Gasteiger partial charge in [-0.2, -0.15) is 0 Å². The molecule has 0 saturated carbocycles. The van der Waals surface area contributed by atoms with Gasteiger partial charge in [0, 0.05) is 8.41 Å². The molecule has 11 heavy (non-hydrogen) atoms. The van der Waals surface area contributed by atoms with Gasteiger partial charge in [-0.05, 0) is 27.7 Å². The van der Waals surface area contributed by atoms with Gasteiger partial charge in [-0.25, -0.2) is 0 Å². The largest absolute Gasteiger partial charge is 0.319 e. The number of carbonyl (C=O) groups is 1. The van der Waals surface area contributed by atoms with E-state index in [2.05, 4.69) is 0 Å². The smallest absolute Gasteiger partial charge is 0.171 e. The molecule has 0 bridgehead atoms. The van der Waals surface area contributed by atoms with E-state index < -0.39 is 11.1 Å². The summed E-state index contributed by atoms with van der Waals surface area (Å²) in [4.78, 5) is 11.2. The van der Waals surface area contributed by atoms with E-state index in [1.54, 1.807) is 27.7 Å². The molecule has 0 atom stereocenters. The number of ketones is 1. The van der Waals surface area contributed by atoms with Gasteiger partial charge >= 0.3 is 0 Å². The molecule has 0 aliphatic rings. The van der Waals surface area contributed by atoms with E-state index in [0.717, 1.165) is 0 Å². The monoisotopic (exact) mass is 155 g/mol. The maximum Gasteiger partial charge on any atom is 0.171 e. The molecule has 4 N–H and O–H groups in total. The van der Waals surface area contributed by atoms with Crippen LogP contribution in [0.2, 0.25) is 0 Å². The Morgan fingerprint density at radius 2 is 1.18 bits per heavy atom. The Labute approximate surface area is 70.1 Å². The first-order valence-electron chi connectivity index (χ1n) is 3.28. The van der Waals surface area contributed by atoms with Gasteiger partial charge in [0.2, 0.25) is 0 Å². The normalized spacial score (nSPS) is 12.2. The summed E-state index contributed by atoms with van der Waals surface area (Å²) in [7, 11) is 0. The Hall–Kier alpha value is -0.345. The fourth-order valence-corrected chi connectivity index (χ4v) is 0.830. The van der Waals surface area contributed by atoms with E-state index in [-0.39, 0.29) is 14.2 Å². The minimum absolute atomic E-state index is 0. The minimum Gasteiger partial charge on any atom is -0.319 e. The second-order valence-corrected chi connectivity index (χ2v) is 3.77. The first-order chi connectivity index (χ1) is 4.15. The molecular formula is C7H16BN2O. The second-order valence-electron chi connectivity index (χ2n) is 3.77. The van der Waals surface area contributed by atoms with Crippen molar-refractivity contribution in [1.82, 2.24) is 0 Å². The Morgan fingerprint density at radius 1 is 1.00 bits per heavy atom. The molecule has 0 aromatic rings. The van der Waals surface area contributed by atoms with Gasteiger partial charge in [-0.15, -0.1) is 0 Å². The van der Waals surface area contributed by atoms with E-state index in [9.17, 15) is 4.79 Å². The molecule has 0 fully saturated rings. The van der Waals surface area contributed by atoms with Gasteiger partial charge in [0.1, 0.15) is 0 Å².